The second-order valence-electron chi connectivity index (χ2n) is 2.31. The van der Waals surface area contributed by atoms with Gasteiger partial charge in [0.25, 0.3) is 0 Å². The van der Waals surface area contributed by atoms with Gasteiger partial charge < -0.3 is 10.5 Å². The lowest BCUT2D eigenvalue weighted by molar-refractivity contribution is 0.0602. The molecule has 70 valence electrons. The molecule has 0 saturated heterocycles. The SMILES string of the molecule is COC(=O)c1ccc(Cl)c(Br)c1N. The minimum absolute atomic E-state index is 0.291. The van der Waals surface area contributed by atoms with E-state index < -0.39 is 5.97 Å². The molecule has 0 bridgehead atoms. The van der Waals surface area contributed by atoms with Gasteiger partial charge in [0, 0.05) is 0 Å². The predicted molar refractivity (Wildman–Crippen MR) is 54.9 cm³/mol. The van der Waals surface area contributed by atoms with Crippen molar-refractivity contribution < 1.29 is 9.53 Å². The van der Waals surface area contributed by atoms with E-state index in [0.29, 0.717) is 20.7 Å². The minimum Gasteiger partial charge on any atom is -0.465 e. The highest BCUT2D eigenvalue weighted by molar-refractivity contribution is 9.10. The number of benzene rings is 1. The number of rotatable bonds is 1. The predicted octanol–water partition coefficient (Wildman–Crippen LogP) is 2.47. The summed E-state index contributed by atoms with van der Waals surface area (Å²) in [5.74, 6) is -0.477. The highest BCUT2D eigenvalue weighted by Crippen LogP contribution is 2.31. The van der Waals surface area contributed by atoms with Crippen molar-refractivity contribution in [2.24, 2.45) is 0 Å². The zero-order valence-corrected chi connectivity index (χ0v) is 9.15. The van der Waals surface area contributed by atoms with Crippen LogP contribution in [0, 0.1) is 0 Å². The van der Waals surface area contributed by atoms with Gasteiger partial charge in [-0.25, -0.2) is 4.79 Å². The zero-order chi connectivity index (χ0) is 10.0. The zero-order valence-electron chi connectivity index (χ0n) is 6.80. The van der Waals surface area contributed by atoms with Crippen LogP contribution in [0.2, 0.25) is 5.02 Å². The molecule has 0 heterocycles. The van der Waals surface area contributed by atoms with Crippen LogP contribution >= 0.6 is 27.5 Å². The van der Waals surface area contributed by atoms with Crippen LogP contribution in [-0.4, -0.2) is 13.1 Å². The molecule has 1 rings (SSSR count). The lowest BCUT2D eigenvalue weighted by atomic mass is 10.2. The van der Waals surface area contributed by atoms with Crippen LogP contribution in [-0.2, 0) is 4.74 Å². The number of hydrogen-bond acceptors (Lipinski definition) is 3. The van der Waals surface area contributed by atoms with Gasteiger partial charge in [0.1, 0.15) is 0 Å². The third kappa shape index (κ3) is 1.95. The van der Waals surface area contributed by atoms with Gasteiger partial charge in [0.15, 0.2) is 0 Å². The lowest BCUT2D eigenvalue weighted by Gasteiger charge is -2.06. The molecule has 0 radical (unpaired) electrons. The van der Waals surface area contributed by atoms with Crippen LogP contribution in [0.4, 0.5) is 5.69 Å². The molecule has 1 aromatic carbocycles. The average molecular weight is 265 g/mol. The second-order valence-corrected chi connectivity index (χ2v) is 3.51. The quantitative estimate of drug-likeness (QED) is 0.626. The van der Waals surface area contributed by atoms with Crippen molar-refractivity contribution in [3.63, 3.8) is 0 Å². The average Bonchev–Trinajstić information content (AvgIpc) is 2.13. The van der Waals surface area contributed by atoms with Gasteiger partial charge in [-0.05, 0) is 28.1 Å². The second kappa shape index (κ2) is 3.98. The molecule has 0 aliphatic carbocycles. The highest BCUT2D eigenvalue weighted by atomic mass is 79.9. The Balaban J connectivity index is 3.26. The van der Waals surface area contributed by atoms with Crippen molar-refractivity contribution >= 4 is 39.2 Å². The van der Waals surface area contributed by atoms with Gasteiger partial charge in [0.2, 0.25) is 0 Å². The van der Waals surface area contributed by atoms with Crippen LogP contribution in [0.3, 0.4) is 0 Å². The molecule has 0 saturated carbocycles. The summed E-state index contributed by atoms with van der Waals surface area (Å²) in [5, 5.41) is 0.463. The van der Waals surface area contributed by atoms with Crippen LogP contribution in [0.1, 0.15) is 10.4 Å². The summed E-state index contributed by atoms with van der Waals surface area (Å²) in [4.78, 5) is 11.1. The maximum absolute atomic E-state index is 11.1. The standard InChI is InChI=1S/C8H7BrClNO2/c1-13-8(12)4-2-3-5(10)6(9)7(4)11/h2-3H,11H2,1H3. The Morgan fingerprint density at radius 1 is 1.62 bits per heavy atom. The summed E-state index contributed by atoms with van der Waals surface area (Å²) >= 11 is 8.92. The molecule has 13 heavy (non-hydrogen) atoms. The molecule has 0 aliphatic rings. The third-order valence-electron chi connectivity index (χ3n) is 1.54. The van der Waals surface area contributed by atoms with E-state index in [1.807, 2.05) is 0 Å². The Bertz CT molecular complexity index is 354. The van der Waals surface area contributed by atoms with Gasteiger partial charge in [-0.1, -0.05) is 11.6 Å². The smallest absolute Gasteiger partial charge is 0.339 e. The normalized spacial score (nSPS) is 9.77. The number of esters is 1. The number of carbonyl (C=O) groups excluding carboxylic acids is 1. The van der Waals surface area contributed by atoms with E-state index in [0.717, 1.165) is 0 Å². The molecule has 0 aromatic heterocycles. The van der Waals surface area contributed by atoms with Gasteiger partial charge >= 0.3 is 5.97 Å². The van der Waals surface area contributed by atoms with E-state index in [1.165, 1.54) is 13.2 Å². The minimum atomic E-state index is -0.477. The van der Waals surface area contributed by atoms with Crippen LogP contribution in [0.25, 0.3) is 0 Å². The van der Waals surface area contributed by atoms with E-state index in [4.69, 9.17) is 17.3 Å². The van der Waals surface area contributed by atoms with Crippen LogP contribution in [0.15, 0.2) is 16.6 Å². The summed E-state index contributed by atoms with van der Waals surface area (Å²) in [7, 11) is 1.30. The molecule has 0 aliphatic heterocycles. The Morgan fingerprint density at radius 2 is 2.23 bits per heavy atom. The molecule has 1 aromatic rings. The van der Waals surface area contributed by atoms with Crippen molar-refractivity contribution in [2.75, 3.05) is 12.8 Å². The van der Waals surface area contributed by atoms with Gasteiger partial charge in [0.05, 0.1) is 27.9 Å². The molecular formula is C8H7BrClNO2. The molecule has 0 amide bonds. The Morgan fingerprint density at radius 3 is 2.77 bits per heavy atom. The summed E-state index contributed by atoms with van der Waals surface area (Å²) in [6, 6.07) is 3.10. The lowest BCUT2D eigenvalue weighted by Crippen LogP contribution is -2.05. The highest BCUT2D eigenvalue weighted by Gasteiger charge is 2.13. The van der Waals surface area contributed by atoms with E-state index >= 15 is 0 Å². The van der Waals surface area contributed by atoms with Gasteiger partial charge in [-0.2, -0.15) is 0 Å². The molecule has 3 nitrogen and oxygen atoms in total. The number of halogens is 2. The molecule has 0 atom stereocenters. The van der Waals surface area contributed by atoms with E-state index in [1.54, 1.807) is 6.07 Å². The van der Waals surface area contributed by atoms with Crippen LogP contribution < -0.4 is 5.73 Å². The Labute approximate surface area is 88.9 Å². The number of ether oxygens (including phenoxy) is 1. The maximum atomic E-state index is 11.1. The number of nitrogens with two attached hydrogens (primary N) is 1. The fourth-order valence-electron chi connectivity index (χ4n) is 0.854. The number of methoxy groups -OCH3 is 1. The number of anilines is 1. The Kier molecular flexibility index (Phi) is 3.17. The number of hydrogen-bond donors (Lipinski definition) is 1. The molecule has 0 spiro atoms. The van der Waals surface area contributed by atoms with E-state index in [-0.39, 0.29) is 0 Å². The van der Waals surface area contributed by atoms with Crippen molar-refractivity contribution in [3.8, 4) is 0 Å². The summed E-state index contributed by atoms with van der Waals surface area (Å²) in [5.41, 5.74) is 6.22. The number of nitrogen functional groups attached to an aromatic ring is 1. The van der Waals surface area contributed by atoms with Crippen molar-refractivity contribution in [2.45, 2.75) is 0 Å². The van der Waals surface area contributed by atoms with Crippen molar-refractivity contribution in [3.05, 3.63) is 27.2 Å². The first-order valence-electron chi connectivity index (χ1n) is 3.39. The fourth-order valence-corrected chi connectivity index (χ4v) is 1.36. The largest absolute Gasteiger partial charge is 0.465 e. The first-order chi connectivity index (χ1) is 6.07. The molecule has 0 unspecified atom stereocenters. The van der Waals surface area contributed by atoms with E-state index in [9.17, 15) is 4.79 Å². The van der Waals surface area contributed by atoms with Crippen molar-refractivity contribution in [1.82, 2.24) is 0 Å². The van der Waals surface area contributed by atoms with Gasteiger partial charge in [-0.15, -0.1) is 0 Å². The fraction of sp³-hybridized carbons (Fsp3) is 0.125. The van der Waals surface area contributed by atoms with Crippen LogP contribution in [0.5, 0.6) is 0 Å². The van der Waals surface area contributed by atoms with E-state index in [2.05, 4.69) is 20.7 Å². The molecule has 0 fully saturated rings. The molecule has 5 heteroatoms. The van der Waals surface area contributed by atoms with Gasteiger partial charge in [-0.3, -0.25) is 0 Å². The molecule has 2 N–H and O–H groups in total. The summed E-state index contributed by atoms with van der Waals surface area (Å²) in [6.07, 6.45) is 0. The monoisotopic (exact) mass is 263 g/mol. The number of carbonyl (C=O) groups is 1. The maximum Gasteiger partial charge on any atom is 0.339 e. The first-order valence-corrected chi connectivity index (χ1v) is 4.56. The molecular weight excluding hydrogens is 257 g/mol. The van der Waals surface area contributed by atoms with Crippen molar-refractivity contribution in [1.29, 1.82) is 0 Å². The Hall–Kier alpha value is -0.740. The summed E-state index contributed by atoms with van der Waals surface area (Å²) in [6.45, 7) is 0. The first kappa shape index (κ1) is 10.3. The third-order valence-corrected chi connectivity index (χ3v) is 2.94. The summed E-state index contributed by atoms with van der Waals surface area (Å²) < 4.78 is 5.04. The topological polar surface area (TPSA) is 52.3 Å².